The van der Waals surface area contributed by atoms with Gasteiger partial charge in [0.05, 0.1) is 0 Å². The van der Waals surface area contributed by atoms with Crippen molar-refractivity contribution in [1.29, 1.82) is 0 Å². The molecule has 0 aliphatic rings. The second-order valence-corrected chi connectivity index (χ2v) is 6.66. The number of nitrogens with zero attached hydrogens (tertiary/aromatic N) is 1. The third kappa shape index (κ3) is 6.87. The lowest BCUT2D eigenvalue weighted by Gasteiger charge is -2.23. The van der Waals surface area contributed by atoms with Gasteiger partial charge in [0.1, 0.15) is 0 Å². The lowest BCUT2D eigenvalue weighted by molar-refractivity contribution is -0.118. The van der Waals surface area contributed by atoms with Crippen LogP contribution in [0, 0.1) is 0 Å². The Morgan fingerprint density at radius 1 is 1.00 bits per heavy atom. The largest absolute Gasteiger partial charge is 0.370 e. The molecule has 0 aliphatic carbocycles. The number of hydrogen-bond acceptors (Lipinski definition) is 3. The molecule has 0 fully saturated rings. The van der Waals surface area contributed by atoms with Gasteiger partial charge in [-0.05, 0) is 30.2 Å². The van der Waals surface area contributed by atoms with E-state index in [0.717, 1.165) is 18.4 Å². The number of carbonyl (C=O) groups is 3. The van der Waals surface area contributed by atoms with Crippen LogP contribution in [0.2, 0.25) is 0 Å². The highest BCUT2D eigenvalue weighted by molar-refractivity contribution is 5.97. The number of primary amides is 1. The number of carbonyl (C=O) groups excluding carboxylic acids is 3. The normalized spacial score (nSPS) is 10.3. The summed E-state index contributed by atoms with van der Waals surface area (Å²) in [6.45, 7) is 2.64. The molecular weight excluding hydrogens is 354 g/mol. The van der Waals surface area contributed by atoms with Gasteiger partial charge in [-0.15, -0.1) is 0 Å². The predicted molar refractivity (Wildman–Crippen MR) is 110 cm³/mol. The van der Waals surface area contributed by atoms with Crippen molar-refractivity contribution >= 4 is 23.4 Å². The molecule has 0 bridgehead atoms. The van der Waals surface area contributed by atoms with Crippen LogP contribution in [-0.2, 0) is 16.1 Å². The Morgan fingerprint density at radius 2 is 1.75 bits per heavy atom. The number of hydrogen-bond donors (Lipinski definition) is 2. The van der Waals surface area contributed by atoms with Gasteiger partial charge in [-0.25, -0.2) is 0 Å². The van der Waals surface area contributed by atoms with Crippen LogP contribution in [0.5, 0.6) is 0 Å². The van der Waals surface area contributed by atoms with E-state index in [1.165, 1.54) is 0 Å². The second-order valence-electron chi connectivity index (χ2n) is 6.66. The number of nitrogens with two attached hydrogens (primary N) is 1. The molecule has 0 radical (unpaired) electrons. The van der Waals surface area contributed by atoms with E-state index in [-0.39, 0.29) is 24.8 Å². The molecule has 0 aromatic heterocycles. The number of anilines is 1. The van der Waals surface area contributed by atoms with E-state index in [9.17, 15) is 14.4 Å². The quantitative estimate of drug-likeness (QED) is 0.661. The molecule has 0 spiro atoms. The SMILES string of the molecule is CCCCC(=O)Nc1cccc(C(=O)N(CCC(N)=O)Cc2ccccc2)c1. The molecule has 148 valence electrons. The fourth-order valence-electron chi connectivity index (χ4n) is 2.77. The molecule has 3 amide bonds. The van der Waals surface area contributed by atoms with Crippen molar-refractivity contribution in [2.24, 2.45) is 5.73 Å². The summed E-state index contributed by atoms with van der Waals surface area (Å²) in [7, 11) is 0. The van der Waals surface area contributed by atoms with Crippen molar-refractivity contribution in [1.82, 2.24) is 4.90 Å². The first-order chi connectivity index (χ1) is 13.5. The molecule has 28 heavy (non-hydrogen) atoms. The Balaban J connectivity index is 2.14. The zero-order valence-corrected chi connectivity index (χ0v) is 16.2. The average molecular weight is 381 g/mol. The molecule has 6 heteroatoms. The Hall–Kier alpha value is -3.15. The van der Waals surface area contributed by atoms with Gasteiger partial charge in [-0.3, -0.25) is 14.4 Å². The maximum absolute atomic E-state index is 13.0. The fraction of sp³-hybridized carbons (Fsp3) is 0.318. The Kier molecular flexibility index (Phi) is 8.21. The van der Waals surface area contributed by atoms with Crippen LogP contribution in [0.1, 0.15) is 48.5 Å². The Bertz CT molecular complexity index is 806. The van der Waals surface area contributed by atoms with E-state index in [4.69, 9.17) is 5.73 Å². The molecule has 2 rings (SSSR count). The Labute approximate surface area is 165 Å². The van der Waals surface area contributed by atoms with Gasteiger partial charge < -0.3 is 16.0 Å². The minimum atomic E-state index is -0.456. The van der Waals surface area contributed by atoms with Crippen LogP contribution in [0.4, 0.5) is 5.69 Å². The monoisotopic (exact) mass is 381 g/mol. The fourth-order valence-corrected chi connectivity index (χ4v) is 2.77. The van der Waals surface area contributed by atoms with Crippen molar-refractivity contribution in [2.45, 2.75) is 39.2 Å². The van der Waals surface area contributed by atoms with Crippen LogP contribution < -0.4 is 11.1 Å². The molecule has 0 aliphatic heterocycles. The van der Waals surface area contributed by atoms with E-state index >= 15 is 0 Å². The van der Waals surface area contributed by atoms with E-state index in [1.54, 1.807) is 29.2 Å². The zero-order valence-electron chi connectivity index (χ0n) is 16.2. The second kappa shape index (κ2) is 10.9. The van der Waals surface area contributed by atoms with Crippen molar-refractivity contribution in [3.8, 4) is 0 Å². The number of unbranched alkanes of at least 4 members (excludes halogenated alkanes) is 1. The van der Waals surface area contributed by atoms with Gasteiger partial charge >= 0.3 is 0 Å². The maximum Gasteiger partial charge on any atom is 0.254 e. The standard InChI is InChI=1S/C22H27N3O3/c1-2-3-12-21(27)24-19-11-7-10-18(15-19)22(28)25(14-13-20(23)26)16-17-8-5-4-6-9-17/h4-11,15H,2-3,12-14,16H2,1H3,(H2,23,26)(H,24,27). The van der Waals surface area contributed by atoms with Gasteiger partial charge in [0, 0.05) is 37.2 Å². The third-order valence-electron chi connectivity index (χ3n) is 4.28. The number of benzene rings is 2. The lowest BCUT2D eigenvalue weighted by atomic mass is 10.1. The lowest BCUT2D eigenvalue weighted by Crippen LogP contribution is -2.33. The smallest absolute Gasteiger partial charge is 0.254 e. The van der Waals surface area contributed by atoms with E-state index in [2.05, 4.69) is 5.32 Å². The van der Waals surface area contributed by atoms with Crippen molar-refractivity contribution < 1.29 is 14.4 Å². The summed E-state index contributed by atoms with van der Waals surface area (Å²) in [5.41, 5.74) is 7.27. The van der Waals surface area contributed by atoms with Crippen molar-refractivity contribution in [3.05, 3.63) is 65.7 Å². The number of nitrogens with one attached hydrogen (secondary N) is 1. The highest BCUT2D eigenvalue weighted by atomic mass is 16.2. The molecule has 0 saturated heterocycles. The van der Waals surface area contributed by atoms with Crippen LogP contribution in [0.15, 0.2) is 54.6 Å². The average Bonchev–Trinajstić information content (AvgIpc) is 2.70. The maximum atomic E-state index is 13.0. The van der Waals surface area contributed by atoms with E-state index < -0.39 is 5.91 Å². The van der Waals surface area contributed by atoms with Gasteiger partial charge in [0.25, 0.3) is 5.91 Å². The predicted octanol–water partition coefficient (Wildman–Crippen LogP) is 3.33. The van der Waals surface area contributed by atoms with Crippen LogP contribution in [-0.4, -0.2) is 29.2 Å². The summed E-state index contributed by atoms with van der Waals surface area (Å²) in [5, 5.41) is 2.83. The van der Waals surface area contributed by atoms with Crippen LogP contribution >= 0.6 is 0 Å². The topological polar surface area (TPSA) is 92.5 Å². The van der Waals surface area contributed by atoms with Gasteiger partial charge in [0.15, 0.2) is 0 Å². The first kappa shape index (κ1) is 21.2. The third-order valence-corrected chi connectivity index (χ3v) is 4.28. The van der Waals surface area contributed by atoms with Gasteiger partial charge in [0.2, 0.25) is 11.8 Å². The highest BCUT2D eigenvalue weighted by Gasteiger charge is 2.17. The summed E-state index contributed by atoms with van der Waals surface area (Å²) < 4.78 is 0. The summed E-state index contributed by atoms with van der Waals surface area (Å²) >= 11 is 0. The molecule has 6 nitrogen and oxygen atoms in total. The minimum absolute atomic E-state index is 0.0682. The van der Waals surface area contributed by atoms with Crippen molar-refractivity contribution in [2.75, 3.05) is 11.9 Å². The summed E-state index contributed by atoms with van der Waals surface area (Å²) in [4.78, 5) is 37.8. The molecule has 2 aromatic carbocycles. The van der Waals surface area contributed by atoms with Crippen LogP contribution in [0.3, 0.4) is 0 Å². The summed E-state index contributed by atoms with van der Waals surface area (Å²) in [5.74, 6) is -0.737. The molecule has 0 saturated carbocycles. The minimum Gasteiger partial charge on any atom is -0.370 e. The highest BCUT2D eigenvalue weighted by Crippen LogP contribution is 2.16. The Morgan fingerprint density at radius 3 is 2.43 bits per heavy atom. The van der Waals surface area contributed by atoms with E-state index in [0.29, 0.717) is 24.2 Å². The first-order valence-corrected chi connectivity index (χ1v) is 9.51. The molecule has 0 atom stereocenters. The molecule has 0 unspecified atom stereocenters. The van der Waals surface area contributed by atoms with Gasteiger partial charge in [-0.2, -0.15) is 0 Å². The summed E-state index contributed by atoms with van der Waals surface area (Å²) in [6.07, 6.45) is 2.31. The molecular formula is C22H27N3O3. The van der Waals surface area contributed by atoms with Crippen molar-refractivity contribution in [3.63, 3.8) is 0 Å². The zero-order chi connectivity index (χ0) is 20.4. The number of amides is 3. The molecule has 3 N–H and O–H groups in total. The van der Waals surface area contributed by atoms with Gasteiger partial charge in [-0.1, -0.05) is 49.7 Å². The van der Waals surface area contributed by atoms with E-state index in [1.807, 2.05) is 37.3 Å². The summed E-state index contributed by atoms with van der Waals surface area (Å²) in [6, 6.07) is 16.4. The van der Waals surface area contributed by atoms with Crippen LogP contribution in [0.25, 0.3) is 0 Å². The molecule has 0 heterocycles. The first-order valence-electron chi connectivity index (χ1n) is 9.51. The molecule has 2 aromatic rings. The number of rotatable bonds is 10.